The predicted octanol–water partition coefficient (Wildman–Crippen LogP) is 3.10. The smallest absolute Gasteiger partial charge is 0.0300 e. The molecule has 1 aromatic rings. The lowest BCUT2D eigenvalue weighted by atomic mass is 9.95. The first kappa shape index (κ1) is 9.72. The topological polar surface area (TPSA) is 26.0 Å². The fourth-order valence-corrected chi connectivity index (χ4v) is 2.02. The molecule has 1 atom stereocenters. The van der Waals surface area contributed by atoms with Crippen LogP contribution in [0.3, 0.4) is 0 Å². The van der Waals surface area contributed by atoms with Crippen LogP contribution in [0.25, 0.3) is 0 Å². The number of rotatable bonds is 3. The van der Waals surface area contributed by atoms with Crippen molar-refractivity contribution < 1.29 is 0 Å². The highest BCUT2D eigenvalue weighted by Gasteiger charge is 2.25. The fraction of sp³-hybridized carbons (Fsp3) is 0.538. The van der Waals surface area contributed by atoms with Crippen LogP contribution in [0.15, 0.2) is 18.2 Å². The van der Waals surface area contributed by atoms with Crippen LogP contribution < -0.4 is 5.73 Å². The molecule has 14 heavy (non-hydrogen) atoms. The van der Waals surface area contributed by atoms with Gasteiger partial charge in [0.15, 0.2) is 0 Å². The van der Waals surface area contributed by atoms with Gasteiger partial charge in [-0.25, -0.2) is 0 Å². The van der Waals surface area contributed by atoms with Crippen LogP contribution in [-0.4, -0.2) is 0 Å². The van der Waals surface area contributed by atoms with Crippen molar-refractivity contribution in [3.05, 3.63) is 34.9 Å². The Morgan fingerprint density at radius 2 is 2.07 bits per heavy atom. The molecule has 2 N–H and O–H groups in total. The van der Waals surface area contributed by atoms with Crippen molar-refractivity contribution >= 4 is 0 Å². The lowest BCUT2D eigenvalue weighted by Crippen LogP contribution is -2.12. The molecule has 0 heterocycles. The molecule has 76 valence electrons. The van der Waals surface area contributed by atoms with Gasteiger partial charge in [-0.2, -0.15) is 0 Å². The van der Waals surface area contributed by atoms with Crippen molar-refractivity contribution in [3.8, 4) is 0 Å². The van der Waals surface area contributed by atoms with Crippen LogP contribution in [-0.2, 0) is 0 Å². The molecule has 1 aliphatic carbocycles. The van der Waals surface area contributed by atoms with Crippen molar-refractivity contribution in [1.82, 2.24) is 0 Å². The lowest BCUT2D eigenvalue weighted by molar-refractivity contribution is 0.594. The van der Waals surface area contributed by atoms with E-state index in [2.05, 4.69) is 32.0 Å². The third-order valence-electron chi connectivity index (χ3n) is 3.33. The molecule has 0 aromatic heterocycles. The fourth-order valence-electron chi connectivity index (χ4n) is 2.02. The van der Waals surface area contributed by atoms with Crippen LogP contribution in [0.5, 0.6) is 0 Å². The third-order valence-corrected chi connectivity index (χ3v) is 3.33. The van der Waals surface area contributed by atoms with E-state index < -0.39 is 0 Å². The molecule has 0 saturated heterocycles. The number of nitrogens with two attached hydrogens (primary N) is 1. The highest BCUT2D eigenvalue weighted by Crippen LogP contribution is 2.37. The van der Waals surface area contributed by atoms with Gasteiger partial charge in [0, 0.05) is 6.04 Å². The average Bonchev–Trinajstić information content (AvgIpc) is 2.93. The normalized spacial score (nSPS) is 18.2. The average molecular weight is 189 g/mol. The van der Waals surface area contributed by atoms with Crippen molar-refractivity contribution in [2.24, 2.45) is 11.7 Å². The maximum Gasteiger partial charge on any atom is 0.0300 e. The van der Waals surface area contributed by atoms with Gasteiger partial charge in [0.05, 0.1) is 0 Å². The lowest BCUT2D eigenvalue weighted by Gasteiger charge is -2.15. The highest BCUT2D eigenvalue weighted by molar-refractivity contribution is 5.35. The van der Waals surface area contributed by atoms with E-state index in [-0.39, 0.29) is 6.04 Å². The molecule has 0 radical (unpaired) electrons. The van der Waals surface area contributed by atoms with Gasteiger partial charge in [-0.15, -0.1) is 0 Å². The van der Waals surface area contributed by atoms with Gasteiger partial charge < -0.3 is 5.73 Å². The predicted molar refractivity (Wildman–Crippen MR) is 60.2 cm³/mol. The number of hydrogen-bond donors (Lipinski definition) is 1. The first-order valence-electron chi connectivity index (χ1n) is 5.50. The molecule has 1 aromatic carbocycles. The van der Waals surface area contributed by atoms with Crippen LogP contribution in [0.1, 0.15) is 42.0 Å². The summed E-state index contributed by atoms with van der Waals surface area (Å²) in [6, 6.07) is 6.70. The maximum atomic E-state index is 6.21. The summed E-state index contributed by atoms with van der Waals surface area (Å²) in [4.78, 5) is 0. The third kappa shape index (κ3) is 1.98. The summed E-state index contributed by atoms with van der Waals surface area (Å²) in [5.41, 5.74) is 10.3. The molecular weight excluding hydrogens is 170 g/mol. The van der Waals surface area contributed by atoms with E-state index in [9.17, 15) is 0 Å². The van der Waals surface area contributed by atoms with Crippen LogP contribution in [0, 0.1) is 19.8 Å². The Balaban J connectivity index is 2.16. The van der Waals surface area contributed by atoms with Crippen molar-refractivity contribution in [1.29, 1.82) is 0 Å². The summed E-state index contributed by atoms with van der Waals surface area (Å²) in [5, 5.41) is 0. The van der Waals surface area contributed by atoms with E-state index in [1.54, 1.807) is 0 Å². The van der Waals surface area contributed by atoms with E-state index in [0.29, 0.717) is 0 Å². The minimum absolute atomic E-state index is 0.252. The van der Waals surface area contributed by atoms with E-state index in [1.165, 1.54) is 36.0 Å². The molecule has 0 amide bonds. The first-order valence-corrected chi connectivity index (χ1v) is 5.50. The number of benzene rings is 1. The SMILES string of the molecule is Cc1cccc(C(N)CC2CC2)c1C. The van der Waals surface area contributed by atoms with E-state index in [1.807, 2.05) is 0 Å². The van der Waals surface area contributed by atoms with E-state index in [0.717, 1.165) is 5.92 Å². The van der Waals surface area contributed by atoms with E-state index in [4.69, 9.17) is 5.73 Å². The van der Waals surface area contributed by atoms with Gasteiger partial charge in [-0.1, -0.05) is 31.0 Å². The molecule has 0 spiro atoms. The molecule has 1 fully saturated rings. The van der Waals surface area contributed by atoms with Gasteiger partial charge in [-0.05, 0) is 42.9 Å². The summed E-state index contributed by atoms with van der Waals surface area (Å²) in [7, 11) is 0. The van der Waals surface area contributed by atoms with Gasteiger partial charge >= 0.3 is 0 Å². The molecular formula is C13H19N. The molecule has 0 aliphatic heterocycles. The van der Waals surface area contributed by atoms with Gasteiger partial charge in [0.2, 0.25) is 0 Å². The van der Waals surface area contributed by atoms with Gasteiger partial charge in [-0.3, -0.25) is 0 Å². The zero-order chi connectivity index (χ0) is 10.1. The molecule has 2 rings (SSSR count). The number of aryl methyl sites for hydroxylation is 1. The molecule has 1 aliphatic rings. The van der Waals surface area contributed by atoms with Gasteiger partial charge in [0.25, 0.3) is 0 Å². The van der Waals surface area contributed by atoms with Crippen molar-refractivity contribution in [2.45, 2.75) is 39.2 Å². The largest absolute Gasteiger partial charge is 0.324 e. The van der Waals surface area contributed by atoms with Crippen molar-refractivity contribution in [3.63, 3.8) is 0 Å². The monoisotopic (exact) mass is 189 g/mol. The number of hydrogen-bond acceptors (Lipinski definition) is 1. The first-order chi connectivity index (χ1) is 6.68. The van der Waals surface area contributed by atoms with Crippen LogP contribution in [0.2, 0.25) is 0 Å². The molecule has 1 unspecified atom stereocenters. The molecule has 1 heteroatoms. The maximum absolute atomic E-state index is 6.21. The standard InChI is InChI=1S/C13H19N/c1-9-4-3-5-12(10(9)2)13(14)8-11-6-7-11/h3-5,11,13H,6-8,14H2,1-2H3. The zero-order valence-corrected chi connectivity index (χ0v) is 9.09. The summed E-state index contributed by atoms with van der Waals surface area (Å²) >= 11 is 0. The second-order valence-corrected chi connectivity index (χ2v) is 4.57. The summed E-state index contributed by atoms with van der Waals surface area (Å²) in [6.45, 7) is 4.33. The second-order valence-electron chi connectivity index (χ2n) is 4.57. The molecule has 1 nitrogen and oxygen atoms in total. The van der Waals surface area contributed by atoms with Crippen LogP contribution >= 0.6 is 0 Å². The van der Waals surface area contributed by atoms with E-state index >= 15 is 0 Å². The highest BCUT2D eigenvalue weighted by atomic mass is 14.6. The summed E-state index contributed by atoms with van der Waals surface area (Å²) in [6.07, 6.45) is 3.95. The Labute approximate surface area is 86.3 Å². The summed E-state index contributed by atoms with van der Waals surface area (Å²) in [5.74, 6) is 0.907. The van der Waals surface area contributed by atoms with Crippen molar-refractivity contribution in [2.75, 3.05) is 0 Å². The Morgan fingerprint density at radius 1 is 1.36 bits per heavy atom. The Bertz CT molecular complexity index is 326. The second kappa shape index (κ2) is 3.74. The Kier molecular flexibility index (Phi) is 2.60. The van der Waals surface area contributed by atoms with Crippen LogP contribution in [0.4, 0.5) is 0 Å². The molecule has 1 saturated carbocycles. The quantitative estimate of drug-likeness (QED) is 0.776. The minimum atomic E-state index is 0.252. The molecule has 0 bridgehead atoms. The zero-order valence-electron chi connectivity index (χ0n) is 9.09. The minimum Gasteiger partial charge on any atom is -0.324 e. The Hall–Kier alpha value is -0.820. The summed E-state index contributed by atoms with van der Waals surface area (Å²) < 4.78 is 0. The Morgan fingerprint density at radius 3 is 2.71 bits per heavy atom. The van der Waals surface area contributed by atoms with Gasteiger partial charge in [0.1, 0.15) is 0 Å².